The SMILES string of the molecule is CCCCCCCCCCCCCCCCCCOc1cccc(C(=O)NC(C)=O)c1I=O. The molecule has 188 valence electrons. The quantitative estimate of drug-likeness (QED) is 0.126. The van der Waals surface area contributed by atoms with E-state index in [0.29, 0.717) is 15.9 Å². The van der Waals surface area contributed by atoms with Crippen LogP contribution < -0.4 is 10.1 Å². The van der Waals surface area contributed by atoms with Crippen molar-refractivity contribution in [3.05, 3.63) is 27.3 Å². The lowest BCUT2D eigenvalue weighted by Gasteiger charge is -2.11. The molecule has 1 aromatic carbocycles. The van der Waals surface area contributed by atoms with Crippen LogP contribution in [-0.2, 0) is 7.86 Å². The highest BCUT2D eigenvalue weighted by Crippen LogP contribution is 2.28. The summed E-state index contributed by atoms with van der Waals surface area (Å²) in [6.07, 6.45) is 21.2. The van der Waals surface area contributed by atoms with Gasteiger partial charge in [-0.25, -0.2) is 0 Å². The maximum Gasteiger partial charge on any atom is 0.259 e. The zero-order valence-corrected chi connectivity index (χ0v) is 22.9. The number of hydrogen-bond acceptors (Lipinski definition) is 4. The molecule has 0 saturated carbocycles. The van der Waals surface area contributed by atoms with Crippen molar-refractivity contribution in [2.75, 3.05) is 6.61 Å². The first-order chi connectivity index (χ1) is 16.1. The fraction of sp³-hybridized carbons (Fsp3) is 0.704. The Labute approximate surface area is 211 Å². The highest BCUT2D eigenvalue weighted by atomic mass is 127. The van der Waals surface area contributed by atoms with Crippen LogP contribution in [0.2, 0.25) is 0 Å². The molecule has 1 N–H and O–H groups in total. The molecule has 6 heteroatoms. The van der Waals surface area contributed by atoms with E-state index in [0.717, 1.165) is 12.8 Å². The number of hydrogen-bond donors (Lipinski definition) is 1. The molecule has 0 saturated heterocycles. The third kappa shape index (κ3) is 14.5. The standard InChI is InChI=1S/C27H44INO4/c1-3-4-5-6-7-8-9-10-11-12-13-14-15-16-17-18-22-33-25-21-19-20-24(26(25)28-32)27(31)29-23(2)30/h19-21H,3-18,22H2,1-2H3,(H,29,30,31). The van der Waals surface area contributed by atoms with Gasteiger partial charge in [0.25, 0.3) is 5.91 Å². The van der Waals surface area contributed by atoms with Gasteiger partial charge in [-0.3, -0.25) is 18.0 Å². The molecule has 0 atom stereocenters. The second-order valence-electron chi connectivity index (χ2n) is 8.86. The molecular weight excluding hydrogens is 529 g/mol. The molecular formula is C27H44INO4. The van der Waals surface area contributed by atoms with Gasteiger partial charge >= 0.3 is 0 Å². The smallest absolute Gasteiger partial charge is 0.259 e. The van der Waals surface area contributed by atoms with Crippen LogP contribution in [0.1, 0.15) is 127 Å². The minimum absolute atomic E-state index is 0.262. The number of nitrogens with one attached hydrogen (secondary N) is 1. The Bertz CT molecular complexity index is 693. The predicted octanol–water partition coefficient (Wildman–Crippen LogP) is 8.09. The van der Waals surface area contributed by atoms with Crippen LogP contribution in [0.25, 0.3) is 0 Å². The molecule has 0 fully saturated rings. The van der Waals surface area contributed by atoms with Crippen LogP contribution in [-0.4, -0.2) is 18.4 Å². The van der Waals surface area contributed by atoms with Gasteiger partial charge in [0, 0.05) is 6.92 Å². The summed E-state index contributed by atoms with van der Waals surface area (Å²) >= 11 is -1.59. The molecule has 0 aliphatic heterocycles. The number of carbonyl (C=O) groups excluding carboxylic acids is 2. The second-order valence-corrected chi connectivity index (χ2v) is 10.4. The van der Waals surface area contributed by atoms with E-state index in [1.807, 2.05) is 0 Å². The van der Waals surface area contributed by atoms with Gasteiger partial charge in [-0.05, 0) is 18.6 Å². The Hall–Kier alpha value is -1.31. The Morgan fingerprint density at radius 3 is 1.73 bits per heavy atom. The maximum atomic E-state index is 12.1. The van der Waals surface area contributed by atoms with Crippen molar-refractivity contribution in [3.63, 3.8) is 0 Å². The summed E-state index contributed by atoms with van der Waals surface area (Å²) in [6.45, 7) is 4.10. The summed E-state index contributed by atoms with van der Waals surface area (Å²) in [5, 5.41) is 2.23. The topological polar surface area (TPSA) is 72.5 Å². The number of amides is 2. The van der Waals surface area contributed by atoms with Crippen LogP contribution in [0.3, 0.4) is 0 Å². The lowest BCUT2D eigenvalue weighted by Crippen LogP contribution is -2.28. The molecule has 0 heterocycles. The Balaban J connectivity index is 2.05. The molecule has 0 unspecified atom stereocenters. The summed E-state index contributed by atoms with van der Waals surface area (Å²) in [5.41, 5.74) is 0.262. The number of carbonyl (C=O) groups is 2. The fourth-order valence-corrected chi connectivity index (χ4v) is 5.15. The number of benzene rings is 1. The van der Waals surface area contributed by atoms with Gasteiger partial charge in [0.15, 0.2) is 21.2 Å². The first kappa shape index (κ1) is 29.7. The fourth-order valence-electron chi connectivity index (χ4n) is 3.94. The second kappa shape index (κ2) is 20.1. The number of halogens is 1. The number of ether oxygens (including phenoxy) is 1. The van der Waals surface area contributed by atoms with E-state index in [2.05, 4.69) is 12.2 Å². The first-order valence-electron chi connectivity index (χ1n) is 12.9. The van der Waals surface area contributed by atoms with E-state index >= 15 is 0 Å². The van der Waals surface area contributed by atoms with E-state index in [-0.39, 0.29) is 5.56 Å². The Kier molecular flexibility index (Phi) is 18.1. The van der Waals surface area contributed by atoms with Crippen molar-refractivity contribution in [2.45, 2.75) is 117 Å². The molecule has 0 aromatic heterocycles. The molecule has 0 radical (unpaired) electrons. The van der Waals surface area contributed by atoms with Gasteiger partial charge in [-0.2, -0.15) is 0 Å². The van der Waals surface area contributed by atoms with Crippen molar-refractivity contribution in [1.82, 2.24) is 5.32 Å². The first-order valence-corrected chi connectivity index (χ1v) is 14.9. The van der Waals surface area contributed by atoms with E-state index in [9.17, 15) is 12.7 Å². The highest BCUT2D eigenvalue weighted by Gasteiger charge is 2.17. The van der Waals surface area contributed by atoms with Crippen molar-refractivity contribution in [2.24, 2.45) is 0 Å². The minimum atomic E-state index is -1.59. The van der Waals surface area contributed by atoms with Crippen LogP contribution in [0.5, 0.6) is 5.75 Å². The van der Waals surface area contributed by atoms with Gasteiger partial charge < -0.3 is 4.74 Å². The summed E-state index contributed by atoms with van der Waals surface area (Å²) in [4.78, 5) is 23.2. The normalized spacial score (nSPS) is 10.8. The van der Waals surface area contributed by atoms with Crippen LogP contribution >= 0.6 is 21.2 Å². The third-order valence-electron chi connectivity index (χ3n) is 5.83. The monoisotopic (exact) mass is 573 g/mol. The molecule has 0 spiro atoms. The average Bonchev–Trinajstić information content (AvgIpc) is 2.80. The van der Waals surface area contributed by atoms with Crippen LogP contribution in [0.15, 0.2) is 18.2 Å². The number of unbranched alkanes of at least 4 members (excludes halogenated alkanes) is 15. The van der Waals surface area contributed by atoms with Crippen molar-refractivity contribution < 1.29 is 17.4 Å². The zero-order valence-electron chi connectivity index (χ0n) is 20.8. The molecule has 2 amide bonds. The van der Waals surface area contributed by atoms with E-state index in [1.54, 1.807) is 18.2 Å². The maximum absolute atomic E-state index is 12.1. The highest BCUT2D eigenvalue weighted by molar-refractivity contribution is 14.1. The van der Waals surface area contributed by atoms with Crippen molar-refractivity contribution in [3.8, 4) is 5.75 Å². The molecule has 0 aliphatic carbocycles. The predicted molar refractivity (Wildman–Crippen MR) is 143 cm³/mol. The summed E-state index contributed by atoms with van der Waals surface area (Å²) in [6, 6.07) is 5.01. The Morgan fingerprint density at radius 2 is 1.27 bits per heavy atom. The summed E-state index contributed by atoms with van der Waals surface area (Å²) in [7, 11) is 0. The summed E-state index contributed by atoms with van der Waals surface area (Å²) in [5.74, 6) is -0.467. The lowest BCUT2D eigenvalue weighted by atomic mass is 10.0. The molecule has 33 heavy (non-hydrogen) atoms. The van der Waals surface area contributed by atoms with Crippen molar-refractivity contribution in [1.29, 1.82) is 0 Å². The van der Waals surface area contributed by atoms with Gasteiger partial charge in [0.1, 0.15) is 9.32 Å². The van der Waals surface area contributed by atoms with Gasteiger partial charge in [0.2, 0.25) is 5.91 Å². The Morgan fingerprint density at radius 1 is 0.788 bits per heavy atom. The minimum Gasteiger partial charge on any atom is -0.492 e. The summed E-state index contributed by atoms with van der Waals surface area (Å²) < 4.78 is 17.9. The van der Waals surface area contributed by atoms with Crippen LogP contribution in [0, 0.1) is 3.57 Å². The van der Waals surface area contributed by atoms with Gasteiger partial charge in [-0.15, -0.1) is 0 Å². The molecule has 1 rings (SSSR count). The number of rotatable bonds is 20. The zero-order chi connectivity index (χ0) is 24.2. The van der Waals surface area contributed by atoms with Crippen molar-refractivity contribution >= 4 is 33.0 Å². The lowest BCUT2D eigenvalue weighted by molar-refractivity contribution is -0.118. The van der Waals surface area contributed by atoms with E-state index in [1.165, 1.54) is 96.8 Å². The van der Waals surface area contributed by atoms with E-state index < -0.39 is 33.0 Å². The molecule has 0 aliphatic rings. The van der Waals surface area contributed by atoms with E-state index in [4.69, 9.17) is 4.74 Å². The van der Waals surface area contributed by atoms with Gasteiger partial charge in [-0.1, -0.05) is 109 Å². The third-order valence-corrected chi connectivity index (χ3v) is 7.38. The van der Waals surface area contributed by atoms with Crippen LogP contribution in [0.4, 0.5) is 0 Å². The average molecular weight is 574 g/mol. The largest absolute Gasteiger partial charge is 0.492 e. The molecule has 5 nitrogen and oxygen atoms in total. The molecule has 1 aromatic rings. The molecule has 0 bridgehead atoms. The number of imide groups is 1. The van der Waals surface area contributed by atoms with Gasteiger partial charge in [0.05, 0.1) is 12.2 Å².